The lowest BCUT2D eigenvalue weighted by Gasteiger charge is -2.38. The molecule has 0 aliphatic carbocycles. The van der Waals surface area contributed by atoms with Crippen LogP contribution in [-0.4, -0.2) is 5.11 Å². The summed E-state index contributed by atoms with van der Waals surface area (Å²) in [5.74, 6) is 0. The summed E-state index contributed by atoms with van der Waals surface area (Å²) >= 11 is 0. The molecule has 0 aliphatic rings. The highest BCUT2D eigenvalue weighted by atomic mass is 16.3. The van der Waals surface area contributed by atoms with Gasteiger partial charge in [-0.25, -0.2) is 0 Å². The SMILES string of the molecule is CCC(CC)(c1ccccc1)C(O)c1ccc(C)cc1C. The predicted molar refractivity (Wildman–Crippen MR) is 89.6 cm³/mol. The fourth-order valence-electron chi connectivity index (χ4n) is 3.40. The minimum absolute atomic E-state index is 0.221. The summed E-state index contributed by atoms with van der Waals surface area (Å²) < 4.78 is 0. The molecule has 1 atom stereocenters. The van der Waals surface area contributed by atoms with E-state index in [1.165, 1.54) is 16.7 Å². The Kier molecular flexibility index (Phi) is 4.84. The molecule has 2 rings (SSSR count). The summed E-state index contributed by atoms with van der Waals surface area (Å²) in [5.41, 5.74) is 4.46. The number of hydrogen-bond acceptors (Lipinski definition) is 1. The van der Waals surface area contributed by atoms with Crippen molar-refractivity contribution in [1.82, 2.24) is 0 Å². The first-order chi connectivity index (χ1) is 10.0. The first-order valence-electron chi connectivity index (χ1n) is 7.86. The molecule has 0 bridgehead atoms. The van der Waals surface area contributed by atoms with Gasteiger partial charge in [-0.15, -0.1) is 0 Å². The van der Waals surface area contributed by atoms with Crippen molar-refractivity contribution in [2.24, 2.45) is 0 Å². The van der Waals surface area contributed by atoms with Crippen molar-refractivity contribution in [1.29, 1.82) is 0 Å². The van der Waals surface area contributed by atoms with Gasteiger partial charge < -0.3 is 5.11 Å². The summed E-state index contributed by atoms with van der Waals surface area (Å²) in [6, 6.07) is 16.8. The highest BCUT2D eigenvalue weighted by Crippen LogP contribution is 2.43. The Hall–Kier alpha value is -1.60. The Balaban J connectivity index is 2.52. The van der Waals surface area contributed by atoms with Gasteiger partial charge in [-0.05, 0) is 43.4 Å². The topological polar surface area (TPSA) is 20.2 Å². The minimum atomic E-state index is -0.476. The van der Waals surface area contributed by atoms with E-state index >= 15 is 0 Å². The number of aliphatic hydroxyl groups is 1. The Morgan fingerprint density at radius 2 is 1.57 bits per heavy atom. The lowest BCUT2D eigenvalue weighted by atomic mass is 9.69. The van der Waals surface area contributed by atoms with Crippen LogP contribution in [0.5, 0.6) is 0 Å². The van der Waals surface area contributed by atoms with Crippen LogP contribution in [0.2, 0.25) is 0 Å². The molecule has 112 valence electrons. The zero-order chi connectivity index (χ0) is 15.5. The number of aryl methyl sites for hydroxylation is 2. The van der Waals surface area contributed by atoms with Crippen molar-refractivity contribution in [3.8, 4) is 0 Å². The molecule has 21 heavy (non-hydrogen) atoms. The van der Waals surface area contributed by atoms with Gasteiger partial charge in [-0.1, -0.05) is 67.9 Å². The van der Waals surface area contributed by atoms with Gasteiger partial charge in [0, 0.05) is 5.41 Å². The number of hydrogen-bond donors (Lipinski definition) is 1. The van der Waals surface area contributed by atoms with Gasteiger partial charge in [-0.3, -0.25) is 0 Å². The maximum Gasteiger partial charge on any atom is 0.0888 e. The van der Waals surface area contributed by atoms with Gasteiger partial charge in [0.2, 0.25) is 0 Å². The van der Waals surface area contributed by atoms with Crippen molar-refractivity contribution in [2.75, 3.05) is 0 Å². The second-order valence-electron chi connectivity index (χ2n) is 5.99. The van der Waals surface area contributed by atoms with Crippen molar-refractivity contribution < 1.29 is 5.11 Å². The summed E-state index contributed by atoms with van der Waals surface area (Å²) in [6.45, 7) is 8.52. The van der Waals surface area contributed by atoms with Crippen LogP contribution < -0.4 is 0 Å². The quantitative estimate of drug-likeness (QED) is 0.809. The van der Waals surface area contributed by atoms with E-state index in [2.05, 4.69) is 70.2 Å². The molecule has 0 saturated heterocycles. The monoisotopic (exact) mass is 282 g/mol. The molecule has 2 aromatic rings. The molecule has 2 aromatic carbocycles. The Morgan fingerprint density at radius 1 is 0.952 bits per heavy atom. The lowest BCUT2D eigenvalue weighted by Crippen LogP contribution is -2.33. The van der Waals surface area contributed by atoms with Crippen LogP contribution in [0.15, 0.2) is 48.5 Å². The molecule has 0 fully saturated rings. The molecule has 0 radical (unpaired) electrons. The fourth-order valence-corrected chi connectivity index (χ4v) is 3.40. The van der Waals surface area contributed by atoms with E-state index in [4.69, 9.17) is 0 Å². The van der Waals surface area contributed by atoms with E-state index in [9.17, 15) is 5.11 Å². The van der Waals surface area contributed by atoms with Gasteiger partial charge in [0.05, 0.1) is 6.10 Å². The maximum atomic E-state index is 11.2. The Morgan fingerprint density at radius 3 is 2.10 bits per heavy atom. The fraction of sp³-hybridized carbons (Fsp3) is 0.400. The molecular weight excluding hydrogens is 256 g/mol. The molecule has 1 unspecified atom stereocenters. The van der Waals surface area contributed by atoms with Crippen LogP contribution in [0.3, 0.4) is 0 Å². The summed E-state index contributed by atoms with van der Waals surface area (Å²) in [6.07, 6.45) is 1.36. The van der Waals surface area contributed by atoms with Gasteiger partial charge in [0.25, 0.3) is 0 Å². The average molecular weight is 282 g/mol. The third-order valence-corrected chi connectivity index (χ3v) is 4.85. The zero-order valence-electron chi connectivity index (χ0n) is 13.6. The van der Waals surface area contributed by atoms with E-state index in [-0.39, 0.29) is 5.41 Å². The van der Waals surface area contributed by atoms with Crippen molar-refractivity contribution in [2.45, 2.75) is 52.1 Å². The van der Waals surface area contributed by atoms with E-state index in [0.717, 1.165) is 18.4 Å². The second-order valence-corrected chi connectivity index (χ2v) is 5.99. The van der Waals surface area contributed by atoms with Gasteiger partial charge in [-0.2, -0.15) is 0 Å². The van der Waals surface area contributed by atoms with E-state index in [0.29, 0.717) is 0 Å². The van der Waals surface area contributed by atoms with Crippen LogP contribution in [0.1, 0.15) is 55.0 Å². The third-order valence-electron chi connectivity index (χ3n) is 4.85. The number of benzene rings is 2. The molecule has 0 spiro atoms. The molecule has 0 saturated carbocycles. The standard InChI is InChI=1S/C20H26O/c1-5-20(6-2,17-10-8-7-9-11-17)19(21)18-13-12-15(3)14-16(18)4/h7-14,19,21H,5-6H2,1-4H3. The molecule has 0 aromatic heterocycles. The molecule has 1 heteroatoms. The second kappa shape index (κ2) is 6.44. The minimum Gasteiger partial charge on any atom is -0.387 e. The van der Waals surface area contributed by atoms with Crippen LogP contribution in [0, 0.1) is 13.8 Å². The molecule has 1 nitrogen and oxygen atoms in total. The van der Waals surface area contributed by atoms with Crippen LogP contribution >= 0.6 is 0 Å². The summed E-state index contributed by atoms with van der Waals surface area (Å²) in [7, 11) is 0. The van der Waals surface area contributed by atoms with Gasteiger partial charge >= 0.3 is 0 Å². The number of rotatable bonds is 5. The van der Waals surface area contributed by atoms with Crippen molar-refractivity contribution in [3.05, 3.63) is 70.8 Å². The van der Waals surface area contributed by atoms with Crippen LogP contribution in [-0.2, 0) is 5.41 Å². The zero-order valence-corrected chi connectivity index (χ0v) is 13.6. The average Bonchev–Trinajstić information content (AvgIpc) is 2.50. The third kappa shape index (κ3) is 2.89. The summed E-state index contributed by atoms with van der Waals surface area (Å²) in [4.78, 5) is 0. The lowest BCUT2D eigenvalue weighted by molar-refractivity contribution is 0.0722. The largest absolute Gasteiger partial charge is 0.387 e. The van der Waals surface area contributed by atoms with Crippen LogP contribution in [0.25, 0.3) is 0 Å². The number of aliphatic hydroxyl groups excluding tert-OH is 1. The normalized spacial score (nSPS) is 13.2. The summed E-state index contributed by atoms with van der Waals surface area (Å²) in [5, 5.41) is 11.2. The molecule has 0 amide bonds. The van der Waals surface area contributed by atoms with E-state index in [1.807, 2.05) is 6.07 Å². The molecule has 0 heterocycles. The van der Waals surface area contributed by atoms with Crippen molar-refractivity contribution >= 4 is 0 Å². The molecular formula is C20H26O. The maximum absolute atomic E-state index is 11.2. The highest BCUT2D eigenvalue weighted by Gasteiger charge is 2.37. The van der Waals surface area contributed by atoms with Crippen LogP contribution in [0.4, 0.5) is 0 Å². The molecule has 1 N–H and O–H groups in total. The highest BCUT2D eigenvalue weighted by molar-refractivity contribution is 5.37. The first-order valence-corrected chi connectivity index (χ1v) is 7.86. The predicted octanol–water partition coefficient (Wildman–Crippen LogP) is 5.09. The Labute approximate surface area is 128 Å². The van der Waals surface area contributed by atoms with Crippen molar-refractivity contribution in [3.63, 3.8) is 0 Å². The Bertz CT molecular complexity index is 582. The smallest absolute Gasteiger partial charge is 0.0888 e. The van der Waals surface area contributed by atoms with E-state index < -0.39 is 6.10 Å². The first kappa shape index (κ1) is 15.8. The van der Waals surface area contributed by atoms with E-state index in [1.54, 1.807) is 0 Å². The van der Waals surface area contributed by atoms with Gasteiger partial charge in [0.15, 0.2) is 0 Å². The van der Waals surface area contributed by atoms with Gasteiger partial charge in [0.1, 0.15) is 0 Å². The molecule has 0 aliphatic heterocycles.